The van der Waals surface area contributed by atoms with Gasteiger partial charge in [0.2, 0.25) is 0 Å². The Balaban J connectivity index is 2.04. The van der Waals surface area contributed by atoms with Crippen molar-refractivity contribution in [2.24, 2.45) is 0 Å². The number of carbonyl (C=O) groups excluding carboxylic acids is 1. The van der Waals surface area contributed by atoms with Gasteiger partial charge in [0, 0.05) is 0 Å². The molecule has 0 radical (unpaired) electrons. The normalized spacial score (nSPS) is 13.3. The molecule has 140 valence electrons. The smallest absolute Gasteiger partial charge is 0.261 e. The van der Waals surface area contributed by atoms with Crippen LogP contribution in [0, 0.1) is 6.92 Å². The largest absolute Gasteiger partial charge is 0.481 e. The zero-order chi connectivity index (χ0) is 19.3. The molecule has 2 rings (SSSR count). The number of amides is 1. The molecule has 0 saturated carbocycles. The summed E-state index contributed by atoms with van der Waals surface area (Å²) in [6.45, 7) is 12.2. The molecule has 3 heteroatoms. The Morgan fingerprint density at radius 3 is 2.27 bits per heavy atom. The van der Waals surface area contributed by atoms with Gasteiger partial charge in [0.1, 0.15) is 5.75 Å². The lowest BCUT2D eigenvalue weighted by molar-refractivity contribution is -0.127. The van der Waals surface area contributed by atoms with E-state index in [1.165, 1.54) is 5.56 Å². The molecule has 2 aromatic rings. The van der Waals surface area contributed by atoms with E-state index in [4.69, 9.17) is 4.74 Å². The highest BCUT2D eigenvalue weighted by atomic mass is 16.5. The molecule has 3 nitrogen and oxygen atoms in total. The summed E-state index contributed by atoms with van der Waals surface area (Å²) in [5.74, 6) is 1.03. The number of rotatable bonds is 7. The zero-order valence-corrected chi connectivity index (χ0v) is 16.8. The molecule has 0 saturated heterocycles. The molecular weight excluding hydrogens is 322 g/mol. The number of hydrogen-bond donors (Lipinski definition) is 1. The molecule has 0 aliphatic rings. The van der Waals surface area contributed by atoms with E-state index >= 15 is 0 Å². The van der Waals surface area contributed by atoms with Gasteiger partial charge in [-0.1, -0.05) is 57.2 Å². The van der Waals surface area contributed by atoms with Crippen LogP contribution in [-0.2, 0) is 11.2 Å². The minimum absolute atomic E-state index is 0.0541. The van der Waals surface area contributed by atoms with E-state index in [2.05, 4.69) is 62.5 Å². The molecule has 0 spiro atoms. The summed E-state index contributed by atoms with van der Waals surface area (Å²) >= 11 is 0. The first-order valence-electron chi connectivity index (χ1n) is 9.48. The Morgan fingerprint density at radius 2 is 1.69 bits per heavy atom. The Hall–Kier alpha value is -2.29. The number of benzene rings is 2. The summed E-state index contributed by atoms with van der Waals surface area (Å²) in [7, 11) is 0. The number of aryl methyl sites for hydroxylation is 2. The first-order chi connectivity index (χ1) is 12.3. The molecule has 26 heavy (non-hydrogen) atoms. The maximum Gasteiger partial charge on any atom is 0.261 e. The van der Waals surface area contributed by atoms with Gasteiger partial charge in [-0.05, 0) is 61.4 Å². The third kappa shape index (κ3) is 5.10. The molecule has 0 unspecified atom stereocenters. The lowest BCUT2D eigenvalue weighted by Gasteiger charge is -2.21. The lowest BCUT2D eigenvalue weighted by atomic mass is 10.0. The average molecular weight is 354 g/mol. The van der Waals surface area contributed by atoms with Gasteiger partial charge in [-0.25, -0.2) is 0 Å². The predicted molar refractivity (Wildman–Crippen MR) is 108 cm³/mol. The molecule has 0 aromatic heterocycles. The van der Waals surface area contributed by atoms with Crippen LogP contribution in [0.25, 0.3) is 0 Å². The van der Waals surface area contributed by atoms with Gasteiger partial charge < -0.3 is 10.1 Å². The van der Waals surface area contributed by atoms with Crippen LogP contribution in [0.2, 0.25) is 0 Å². The van der Waals surface area contributed by atoms with Crippen molar-refractivity contribution in [2.45, 2.75) is 66.0 Å². The van der Waals surface area contributed by atoms with Gasteiger partial charge in [-0.2, -0.15) is 0 Å². The van der Waals surface area contributed by atoms with Crippen molar-refractivity contribution in [3.8, 4) is 5.75 Å². The third-order valence-electron chi connectivity index (χ3n) is 4.71. The Labute approximate surface area is 157 Å². The molecule has 0 aliphatic heterocycles. The van der Waals surface area contributed by atoms with Gasteiger partial charge >= 0.3 is 0 Å². The highest BCUT2D eigenvalue weighted by molar-refractivity contribution is 5.81. The molecule has 2 aromatic carbocycles. The van der Waals surface area contributed by atoms with Crippen LogP contribution in [0.4, 0.5) is 0 Å². The Kier molecular flexibility index (Phi) is 6.84. The van der Waals surface area contributed by atoms with Crippen molar-refractivity contribution >= 4 is 5.91 Å². The number of carbonyl (C=O) groups is 1. The SMILES string of the molecule is CCc1ccc([C@H](C)NC(=O)[C@H](C)Oc2cc(C)ccc2C(C)C)cc1. The van der Waals surface area contributed by atoms with E-state index in [1.807, 2.05) is 19.9 Å². The summed E-state index contributed by atoms with van der Waals surface area (Å²) < 4.78 is 6.01. The third-order valence-corrected chi connectivity index (χ3v) is 4.71. The second-order valence-electron chi connectivity index (χ2n) is 7.28. The molecule has 0 fully saturated rings. The highest BCUT2D eigenvalue weighted by Crippen LogP contribution is 2.28. The Bertz CT molecular complexity index is 734. The fourth-order valence-corrected chi connectivity index (χ4v) is 2.92. The maximum atomic E-state index is 12.6. The van der Waals surface area contributed by atoms with Gasteiger partial charge in [0.25, 0.3) is 5.91 Å². The minimum Gasteiger partial charge on any atom is -0.481 e. The van der Waals surface area contributed by atoms with Crippen molar-refractivity contribution < 1.29 is 9.53 Å². The molecule has 2 atom stereocenters. The van der Waals surface area contributed by atoms with Crippen molar-refractivity contribution in [1.29, 1.82) is 0 Å². The van der Waals surface area contributed by atoms with Crippen LogP contribution in [0.5, 0.6) is 5.75 Å². The van der Waals surface area contributed by atoms with Crippen LogP contribution in [-0.4, -0.2) is 12.0 Å². The van der Waals surface area contributed by atoms with Crippen molar-refractivity contribution in [3.05, 3.63) is 64.7 Å². The molecule has 0 bridgehead atoms. The minimum atomic E-state index is -0.549. The van der Waals surface area contributed by atoms with E-state index in [0.29, 0.717) is 5.92 Å². The van der Waals surface area contributed by atoms with Crippen molar-refractivity contribution in [1.82, 2.24) is 5.32 Å². The summed E-state index contributed by atoms with van der Waals surface area (Å²) in [5, 5.41) is 3.05. The second-order valence-corrected chi connectivity index (χ2v) is 7.28. The lowest BCUT2D eigenvalue weighted by Crippen LogP contribution is -2.38. The van der Waals surface area contributed by atoms with Gasteiger partial charge in [0.05, 0.1) is 6.04 Å². The summed E-state index contributed by atoms with van der Waals surface area (Å²) in [4.78, 5) is 12.6. The quantitative estimate of drug-likeness (QED) is 0.731. The average Bonchev–Trinajstić information content (AvgIpc) is 2.61. The summed E-state index contributed by atoms with van der Waals surface area (Å²) in [5.41, 5.74) is 4.64. The highest BCUT2D eigenvalue weighted by Gasteiger charge is 2.19. The fourth-order valence-electron chi connectivity index (χ4n) is 2.92. The van der Waals surface area contributed by atoms with Crippen molar-refractivity contribution in [3.63, 3.8) is 0 Å². The maximum absolute atomic E-state index is 12.6. The molecule has 1 amide bonds. The number of hydrogen-bond acceptors (Lipinski definition) is 2. The predicted octanol–water partition coefficient (Wildman–Crippen LogP) is 5.33. The van der Waals surface area contributed by atoms with E-state index < -0.39 is 6.10 Å². The molecule has 1 N–H and O–H groups in total. The molecule has 0 heterocycles. The van der Waals surface area contributed by atoms with E-state index in [0.717, 1.165) is 28.9 Å². The van der Waals surface area contributed by atoms with Crippen LogP contribution in [0.3, 0.4) is 0 Å². The van der Waals surface area contributed by atoms with Crippen LogP contribution >= 0.6 is 0 Å². The van der Waals surface area contributed by atoms with E-state index in [9.17, 15) is 4.79 Å². The van der Waals surface area contributed by atoms with E-state index in [1.54, 1.807) is 6.92 Å². The topological polar surface area (TPSA) is 38.3 Å². The van der Waals surface area contributed by atoms with E-state index in [-0.39, 0.29) is 11.9 Å². The van der Waals surface area contributed by atoms with Gasteiger partial charge in [-0.3, -0.25) is 4.79 Å². The number of ether oxygens (including phenoxy) is 1. The second kappa shape index (κ2) is 8.88. The molecule has 0 aliphatic carbocycles. The van der Waals surface area contributed by atoms with Gasteiger partial charge in [0.15, 0.2) is 6.10 Å². The molecular formula is C23H31NO2. The van der Waals surface area contributed by atoms with Crippen LogP contribution in [0.1, 0.15) is 68.8 Å². The zero-order valence-electron chi connectivity index (χ0n) is 16.8. The standard InChI is InChI=1S/C23H31NO2/c1-7-19-9-11-20(12-10-19)17(5)24-23(25)18(6)26-22-14-16(4)8-13-21(22)15(2)3/h8-15,17-18H,7H2,1-6H3,(H,24,25)/t17-,18-/m0/s1. The first kappa shape index (κ1) is 20.0. The van der Waals surface area contributed by atoms with Crippen LogP contribution in [0.15, 0.2) is 42.5 Å². The fraction of sp³-hybridized carbons (Fsp3) is 0.435. The monoisotopic (exact) mass is 353 g/mol. The van der Waals surface area contributed by atoms with Gasteiger partial charge in [-0.15, -0.1) is 0 Å². The summed E-state index contributed by atoms with van der Waals surface area (Å²) in [6.07, 6.45) is 0.465. The van der Waals surface area contributed by atoms with Crippen LogP contribution < -0.4 is 10.1 Å². The number of nitrogens with one attached hydrogen (secondary N) is 1. The summed E-state index contributed by atoms with van der Waals surface area (Å²) in [6, 6.07) is 14.5. The first-order valence-corrected chi connectivity index (χ1v) is 9.48. The van der Waals surface area contributed by atoms with Crippen molar-refractivity contribution in [2.75, 3.05) is 0 Å². The Morgan fingerprint density at radius 1 is 1.04 bits per heavy atom.